The average Bonchev–Trinajstić information content (AvgIpc) is 2.97. The molecule has 6 heteroatoms. The SMILES string of the molecule is O=C(O)C1C2CCCC2CN1C(=O)Nc1cccc(Br)c1. The fourth-order valence-electron chi connectivity index (χ4n) is 3.59. The summed E-state index contributed by atoms with van der Waals surface area (Å²) >= 11 is 3.35. The third-order valence-corrected chi connectivity index (χ3v) is 4.97. The Morgan fingerprint density at radius 2 is 2.14 bits per heavy atom. The Kier molecular flexibility index (Phi) is 3.89. The highest BCUT2D eigenvalue weighted by atomic mass is 79.9. The number of carbonyl (C=O) groups excluding carboxylic acids is 1. The van der Waals surface area contributed by atoms with Crippen LogP contribution in [0.2, 0.25) is 0 Å². The van der Waals surface area contributed by atoms with Crippen molar-refractivity contribution in [3.8, 4) is 0 Å². The van der Waals surface area contributed by atoms with Gasteiger partial charge in [-0.05, 0) is 42.9 Å². The van der Waals surface area contributed by atoms with E-state index in [1.165, 1.54) is 4.90 Å². The molecule has 1 aromatic rings. The molecule has 3 unspecified atom stereocenters. The van der Waals surface area contributed by atoms with E-state index in [4.69, 9.17) is 0 Å². The summed E-state index contributed by atoms with van der Waals surface area (Å²) in [5.41, 5.74) is 0.663. The number of nitrogens with one attached hydrogen (secondary N) is 1. The van der Waals surface area contributed by atoms with Crippen LogP contribution in [0, 0.1) is 11.8 Å². The number of urea groups is 1. The number of rotatable bonds is 2. The van der Waals surface area contributed by atoms with E-state index in [0.717, 1.165) is 23.7 Å². The average molecular weight is 353 g/mol. The first kappa shape index (κ1) is 14.4. The number of carboxylic acids is 1. The fourth-order valence-corrected chi connectivity index (χ4v) is 3.99. The number of fused-ring (bicyclic) bond motifs is 1. The van der Waals surface area contributed by atoms with Crippen LogP contribution in [0.25, 0.3) is 0 Å². The minimum absolute atomic E-state index is 0.107. The van der Waals surface area contributed by atoms with Crippen LogP contribution >= 0.6 is 15.9 Å². The zero-order chi connectivity index (χ0) is 15.0. The molecule has 0 radical (unpaired) electrons. The van der Waals surface area contributed by atoms with E-state index in [2.05, 4.69) is 21.2 Å². The van der Waals surface area contributed by atoms with Gasteiger partial charge in [0.05, 0.1) is 0 Å². The van der Waals surface area contributed by atoms with Crippen molar-refractivity contribution in [3.63, 3.8) is 0 Å². The fraction of sp³-hybridized carbons (Fsp3) is 0.467. The Morgan fingerprint density at radius 3 is 2.86 bits per heavy atom. The van der Waals surface area contributed by atoms with Gasteiger partial charge in [0, 0.05) is 16.7 Å². The van der Waals surface area contributed by atoms with Crippen molar-refractivity contribution in [2.45, 2.75) is 25.3 Å². The molecule has 112 valence electrons. The van der Waals surface area contributed by atoms with Gasteiger partial charge in [0.15, 0.2) is 0 Å². The molecule has 2 N–H and O–H groups in total. The van der Waals surface area contributed by atoms with E-state index in [-0.39, 0.29) is 11.9 Å². The van der Waals surface area contributed by atoms with Crippen LogP contribution in [-0.4, -0.2) is 34.6 Å². The molecule has 0 spiro atoms. The van der Waals surface area contributed by atoms with Gasteiger partial charge in [-0.15, -0.1) is 0 Å². The molecule has 3 atom stereocenters. The van der Waals surface area contributed by atoms with Crippen molar-refractivity contribution in [2.24, 2.45) is 11.8 Å². The topological polar surface area (TPSA) is 69.6 Å². The van der Waals surface area contributed by atoms with Crippen LogP contribution in [0.3, 0.4) is 0 Å². The molecule has 1 aliphatic carbocycles. The maximum atomic E-state index is 12.4. The molecule has 1 heterocycles. The lowest BCUT2D eigenvalue weighted by Gasteiger charge is -2.24. The lowest BCUT2D eigenvalue weighted by atomic mass is 9.94. The molecule has 2 amide bonds. The predicted molar refractivity (Wildman–Crippen MR) is 82.1 cm³/mol. The van der Waals surface area contributed by atoms with Crippen LogP contribution in [0.5, 0.6) is 0 Å². The van der Waals surface area contributed by atoms with Gasteiger partial charge in [-0.25, -0.2) is 9.59 Å². The van der Waals surface area contributed by atoms with Crippen LogP contribution < -0.4 is 5.32 Å². The summed E-state index contributed by atoms with van der Waals surface area (Å²) in [4.78, 5) is 25.4. The molecular weight excluding hydrogens is 336 g/mol. The van der Waals surface area contributed by atoms with Gasteiger partial charge in [0.25, 0.3) is 0 Å². The minimum atomic E-state index is -0.895. The molecule has 1 saturated heterocycles. The van der Waals surface area contributed by atoms with Crippen molar-refractivity contribution in [1.82, 2.24) is 4.90 Å². The number of aliphatic carboxylic acids is 1. The summed E-state index contributed by atoms with van der Waals surface area (Å²) in [7, 11) is 0. The molecule has 1 aliphatic heterocycles. The molecule has 3 rings (SSSR count). The van der Waals surface area contributed by atoms with Crippen LogP contribution in [-0.2, 0) is 4.79 Å². The number of likely N-dealkylation sites (tertiary alicyclic amines) is 1. The van der Waals surface area contributed by atoms with Crippen LogP contribution in [0.1, 0.15) is 19.3 Å². The Balaban J connectivity index is 1.76. The van der Waals surface area contributed by atoms with Crippen LogP contribution in [0.15, 0.2) is 28.7 Å². The summed E-state index contributed by atoms with van der Waals surface area (Å²) < 4.78 is 0.869. The number of halogens is 1. The summed E-state index contributed by atoms with van der Waals surface area (Å²) in [5.74, 6) is -0.455. The highest BCUT2D eigenvalue weighted by molar-refractivity contribution is 9.10. The highest BCUT2D eigenvalue weighted by Gasteiger charge is 2.49. The third-order valence-electron chi connectivity index (χ3n) is 4.48. The number of nitrogens with zero attached hydrogens (tertiary/aromatic N) is 1. The summed E-state index contributed by atoms with van der Waals surface area (Å²) in [6, 6.07) is 6.27. The summed E-state index contributed by atoms with van der Waals surface area (Å²) in [6.07, 6.45) is 3.00. The first-order chi connectivity index (χ1) is 10.1. The Hall–Kier alpha value is -1.56. The molecule has 2 fully saturated rings. The van der Waals surface area contributed by atoms with Gasteiger partial charge < -0.3 is 15.3 Å². The van der Waals surface area contributed by atoms with Crippen molar-refractivity contribution >= 4 is 33.6 Å². The van der Waals surface area contributed by atoms with Gasteiger partial charge in [0.1, 0.15) is 6.04 Å². The zero-order valence-electron chi connectivity index (χ0n) is 11.5. The quantitative estimate of drug-likeness (QED) is 0.858. The standard InChI is InChI=1S/C15H17BrN2O3/c16-10-4-2-5-11(7-10)17-15(21)18-8-9-3-1-6-12(9)13(18)14(19)20/h2,4-5,7,9,12-13H,1,3,6,8H2,(H,17,21)(H,19,20). The van der Waals surface area contributed by atoms with E-state index in [1.54, 1.807) is 12.1 Å². The summed E-state index contributed by atoms with van der Waals surface area (Å²) in [6.45, 7) is 0.543. The highest BCUT2D eigenvalue weighted by Crippen LogP contribution is 2.42. The maximum Gasteiger partial charge on any atom is 0.326 e. The first-order valence-corrected chi connectivity index (χ1v) is 7.91. The zero-order valence-corrected chi connectivity index (χ0v) is 13.0. The number of hydrogen-bond acceptors (Lipinski definition) is 2. The number of carboxylic acid groups (broad SMARTS) is 1. The monoisotopic (exact) mass is 352 g/mol. The van der Waals surface area contributed by atoms with Crippen molar-refractivity contribution in [1.29, 1.82) is 0 Å². The molecular formula is C15H17BrN2O3. The van der Waals surface area contributed by atoms with Gasteiger partial charge >= 0.3 is 12.0 Å². The van der Waals surface area contributed by atoms with Crippen LogP contribution in [0.4, 0.5) is 10.5 Å². The number of carbonyl (C=O) groups is 2. The van der Waals surface area contributed by atoms with Crippen molar-refractivity contribution < 1.29 is 14.7 Å². The minimum Gasteiger partial charge on any atom is -0.480 e. The lowest BCUT2D eigenvalue weighted by Crippen LogP contribution is -2.45. The van der Waals surface area contributed by atoms with E-state index >= 15 is 0 Å². The largest absolute Gasteiger partial charge is 0.480 e. The number of amides is 2. The molecule has 21 heavy (non-hydrogen) atoms. The van der Waals surface area contributed by atoms with Gasteiger partial charge in [-0.2, -0.15) is 0 Å². The molecule has 1 aromatic carbocycles. The smallest absolute Gasteiger partial charge is 0.326 e. The van der Waals surface area contributed by atoms with Crippen molar-refractivity contribution in [2.75, 3.05) is 11.9 Å². The number of benzene rings is 1. The van der Waals surface area contributed by atoms with Gasteiger partial charge in [0.2, 0.25) is 0 Å². The Bertz CT molecular complexity index is 578. The van der Waals surface area contributed by atoms with Crippen molar-refractivity contribution in [3.05, 3.63) is 28.7 Å². The second-order valence-corrected chi connectivity index (χ2v) is 6.65. The first-order valence-electron chi connectivity index (χ1n) is 7.12. The third kappa shape index (κ3) is 2.77. The number of anilines is 1. The summed E-state index contributed by atoms with van der Waals surface area (Å²) in [5, 5.41) is 12.3. The number of hydrogen-bond donors (Lipinski definition) is 2. The molecule has 1 saturated carbocycles. The van der Waals surface area contributed by atoms with E-state index in [9.17, 15) is 14.7 Å². The normalized spacial score (nSPS) is 27.5. The van der Waals surface area contributed by atoms with E-state index in [1.807, 2.05) is 12.1 Å². The molecule has 0 bridgehead atoms. The second-order valence-electron chi connectivity index (χ2n) is 5.73. The maximum absolute atomic E-state index is 12.4. The van der Waals surface area contributed by atoms with E-state index in [0.29, 0.717) is 18.2 Å². The lowest BCUT2D eigenvalue weighted by molar-refractivity contribution is -0.142. The Labute approximate surface area is 131 Å². The van der Waals surface area contributed by atoms with Gasteiger partial charge in [-0.1, -0.05) is 28.4 Å². The predicted octanol–water partition coefficient (Wildman–Crippen LogP) is 3.17. The molecule has 0 aromatic heterocycles. The van der Waals surface area contributed by atoms with Gasteiger partial charge in [-0.3, -0.25) is 0 Å². The molecule has 2 aliphatic rings. The Morgan fingerprint density at radius 1 is 1.33 bits per heavy atom. The molecule has 5 nitrogen and oxygen atoms in total. The van der Waals surface area contributed by atoms with E-state index < -0.39 is 12.0 Å². The second kappa shape index (κ2) is 5.67.